The summed E-state index contributed by atoms with van der Waals surface area (Å²) in [5, 5.41) is 13.0. The molecule has 0 spiro atoms. The molecular weight excluding hydrogens is 340 g/mol. The second-order valence-corrected chi connectivity index (χ2v) is 5.43. The van der Waals surface area contributed by atoms with Crippen LogP contribution in [0.2, 0.25) is 5.02 Å². The molecule has 3 nitrogen and oxygen atoms in total. The lowest BCUT2D eigenvalue weighted by Crippen LogP contribution is -2.08. The van der Waals surface area contributed by atoms with Crippen molar-refractivity contribution in [3.63, 3.8) is 0 Å². The number of halogens is 2. The minimum absolute atomic E-state index is 0.479. The minimum Gasteiger partial charge on any atom is -0.495 e. The Morgan fingerprint density at radius 2 is 2.10 bits per heavy atom. The second-order valence-electron chi connectivity index (χ2n) is 4.11. The van der Waals surface area contributed by atoms with Gasteiger partial charge in [-0.05, 0) is 35.9 Å². The number of rotatable bonds is 4. The normalized spacial score (nSPS) is 11.5. The SMILES string of the molecule is COc1ccc(C(C#N)Nc2cccc(Br)c2)cc1Cl. The Labute approximate surface area is 131 Å². The number of methoxy groups -OCH3 is 1. The molecular formula is C15H12BrClN2O. The summed E-state index contributed by atoms with van der Waals surface area (Å²) < 4.78 is 6.06. The fourth-order valence-corrected chi connectivity index (χ4v) is 2.46. The highest BCUT2D eigenvalue weighted by Gasteiger charge is 2.12. The summed E-state index contributed by atoms with van der Waals surface area (Å²) in [6.45, 7) is 0. The van der Waals surface area contributed by atoms with E-state index in [0.717, 1.165) is 15.7 Å². The van der Waals surface area contributed by atoms with E-state index in [1.54, 1.807) is 19.2 Å². The molecule has 0 aromatic heterocycles. The lowest BCUT2D eigenvalue weighted by atomic mass is 10.1. The summed E-state index contributed by atoms with van der Waals surface area (Å²) in [5.74, 6) is 0.592. The molecule has 0 saturated heterocycles. The van der Waals surface area contributed by atoms with Crippen molar-refractivity contribution in [3.8, 4) is 11.8 Å². The number of hydrogen-bond donors (Lipinski definition) is 1. The van der Waals surface area contributed by atoms with Crippen LogP contribution in [-0.4, -0.2) is 7.11 Å². The van der Waals surface area contributed by atoms with Gasteiger partial charge in [-0.25, -0.2) is 0 Å². The molecule has 102 valence electrons. The number of nitrogens with one attached hydrogen (secondary N) is 1. The van der Waals surface area contributed by atoms with Crippen LogP contribution in [0.1, 0.15) is 11.6 Å². The van der Waals surface area contributed by atoms with E-state index in [-0.39, 0.29) is 0 Å². The monoisotopic (exact) mass is 350 g/mol. The Hall–Kier alpha value is -1.70. The summed E-state index contributed by atoms with van der Waals surface area (Å²) >= 11 is 9.49. The third-order valence-electron chi connectivity index (χ3n) is 2.77. The van der Waals surface area contributed by atoms with Gasteiger partial charge in [0.25, 0.3) is 0 Å². The van der Waals surface area contributed by atoms with Crippen molar-refractivity contribution in [2.45, 2.75) is 6.04 Å². The van der Waals surface area contributed by atoms with Gasteiger partial charge >= 0.3 is 0 Å². The summed E-state index contributed by atoms with van der Waals surface area (Å²) in [4.78, 5) is 0. The molecule has 1 atom stereocenters. The lowest BCUT2D eigenvalue weighted by Gasteiger charge is -2.14. The van der Waals surface area contributed by atoms with E-state index in [1.165, 1.54) is 0 Å². The fraction of sp³-hybridized carbons (Fsp3) is 0.133. The molecule has 2 aromatic rings. The smallest absolute Gasteiger partial charge is 0.140 e. The van der Waals surface area contributed by atoms with E-state index >= 15 is 0 Å². The molecule has 0 radical (unpaired) electrons. The van der Waals surface area contributed by atoms with Gasteiger partial charge in [0.2, 0.25) is 0 Å². The van der Waals surface area contributed by atoms with Gasteiger partial charge in [0.1, 0.15) is 11.8 Å². The van der Waals surface area contributed by atoms with Gasteiger partial charge in [0.15, 0.2) is 0 Å². The van der Waals surface area contributed by atoms with Crippen LogP contribution in [0.5, 0.6) is 5.75 Å². The van der Waals surface area contributed by atoms with Crippen molar-refractivity contribution in [2.24, 2.45) is 0 Å². The number of anilines is 1. The van der Waals surface area contributed by atoms with E-state index in [0.29, 0.717) is 10.8 Å². The molecule has 0 saturated carbocycles. The van der Waals surface area contributed by atoms with Crippen molar-refractivity contribution in [3.05, 3.63) is 57.5 Å². The summed E-state index contributed by atoms with van der Waals surface area (Å²) in [5.41, 5.74) is 1.65. The second kappa shape index (κ2) is 6.65. The maximum Gasteiger partial charge on any atom is 0.140 e. The van der Waals surface area contributed by atoms with Crippen LogP contribution in [0, 0.1) is 11.3 Å². The topological polar surface area (TPSA) is 45.0 Å². The molecule has 1 unspecified atom stereocenters. The van der Waals surface area contributed by atoms with E-state index in [2.05, 4.69) is 27.3 Å². The summed E-state index contributed by atoms with van der Waals surface area (Å²) in [6, 6.07) is 14.7. The zero-order valence-electron chi connectivity index (χ0n) is 10.7. The van der Waals surface area contributed by atoms with Gasteiger partial charge in [-0.15, -0.1) is 0 Å². The highest BCUT2D eigenvalue weighted by molar-refractivity contribution is 9.10. The van der Waals surface area contributed by atoms with Crippen LogP contribution in [-0.2, 0) is 0 Å². The van der Waals surface area contributed by atoms with E-state index < -0.39 is 6.04 Å². The summed E-state index contributed by atoms with van der Waals surface area (Å²) in [6.07, 6.45) is 0. The molecule has 0 aliphatic carbocycles. The lowest BCUT2D eigenvalue weighted by molar-refractivity contribution is 0.415. The molecule has 0 bridgehead atoms. The van der Waals surface area contributed by atoms with Crippen molar-refractivity contribution in [1.82, 2.24) is 0 Å². The molecule has 0 aliphatic rings. The third kappa shape index (κ3) is 3.44. The van der Waals surface area contributed by atoms with Gasteiger partial charge in [0.05, 0.1) is 18.2 Å². The van der Waals surface area contributed by atoms with Crippen molar-refractivity contribution >= 4 is 33.2 Å². The Bertz CT molecular complexity index is 655. The average molecular weight is 352 g/mol. The first-order valence-electron chi connectivity index (χ1n) is 5.89. The molecule has 0 amide bonds. The van der Waals surface area contributed by atoms with Crippen LogP contribution < -0.4 is 10.1 Å². The van der Waals surface area contributed by atoms with E-state index in [4.69, 9.17) is 16.3 Å². The Morgan fingerprint density at radius 3 is 2.70 bits per heavy atom. The van der Waals surface area contributed by atoms with Crippen LogP contribution in [0.25, 0.3) is 0 Å². The number of benzene rings is 2. The van der Waals surface area contributed by atoms with E-state index in [9.17, 15) is 5.26 Å². The van der Waals surface area contributed by atoms with Crippen molar-refractivity contribution in [2.75, 3.05) is 12.4 Å². The molecule has 1 N–H and O–H groups in total. The number of nitrogens with zero attached hydrogens (tertiary/aromatic N) is 1. The van der Waals surface area contributed by atoms with Crippen LogP contribution in [0.3, 0.4) is 0 Å². The quantitative estimate of drug-likeness (QED) is 0.861. The van der Waals surface area contributed by atoms with Crippen molar-refractivity contribution < 1.29 is 4.74 Å². The number of ether oxygens (including phenoxy) is 1. The molecule has 0 aliphatic heterocycles. The van der Waals surface area contributed by atoms with Gasteiger partial charge in [-0.3, -0.25) is 0 Å². The zero-order valence-corrected chi connectivity index (χ0v) is 13.1. The Kier molecular flexibility index (Phi) is 4.89. The van der Waals surface area contributed by atoms with Gasteiger partial charge in [0, 0.05) is 10.2 Å². The number of nitriles is 1. The van der Waals surface area contributed by atoms with Crippen LogP contribution in [0.15, 0.2) is 46.9 Å². The predicted molar refractivity (Wildman–Crippen MR) is 84.1 cm³/mol. The first-order valence-corrected chi connectivity index (χ1v) is 7.06. The first-order chi connectivity index (χ1) is 9.63. The van der Waals surface area contributed by atoms with Crippen LogP contribution >= 0.6 is 27.5 Å². The maximum atomic E-state index is 9.33. The number of hydrogen-bond acceptors (Lipinski definition) is 3. The van der Waals surface area contributed by atoms with Gasteiger partial charge in [-0.2, -0.15) is 5.26 Å². The van der Waals surface area contributed by atoms with E-state index in [1.807, 2.05) is 30.3 Å². The maximum absolute atomic E-state index is 9.33. The fourth-order valence-electron chi connectivity index (χ4n) is 1.80. The largest absolute Gasteiger partial charge is 0.495 e. The Morgan fingerprint density at radius 1 is 1.30 bits per heavy atom. The van der Waals surface area contributed by atoms with Crippen LogP contribution in [0.4, 0.5) is 5.69 Å². The molecule has 0 fully saturated rings. The average Bonchev–Trinajstić information content (AvgIpc) is 2.44. The molecule has 20 heavy (non-hydrogen) atoms. The Balaban J connectivity index is 2.25. The standard InChI is InChI=1S/C15H12BrClN2O/c1-20-15-6-5-10(7-13(15)17)14(9-18)19-12-4-2-3-11(16)8-12/h2-8,14,19H,1H3. The zero-order chi connectivity index (χ0) is 14.5. The molecule has 2 rings (SSSR count). The third-order valence-corrected chi connectivity index (χ3v) is 3.56. The molecule has 0 heterocycles. The van der Waals surface area contributed by atoms with Gasteiger partial charge in [-0.1, -0.05) is 39.7 Å². The van der Waals surface area contributed by atoms with Crippen molar-refractivity contribution in [1.29, 1.82) is 5.26 Å². The van der Waals surface area contributed by atoms with Gasteiger partial charge < -0.3 is 10.1 Å². The minimum atomic E-state index is -0.479. The highest BCUT2D eigenvalue weighted by Crippen LogP contribution is 2.29. The predicted octanol–water partition coefficient (Wildman–Crippen LogP) is 4.79. The highest BCUT2D eigenvalue weighted by atomic mass is 79.9. The molecule has 2 aromatic carbocycles. The summed E-state index contributed by atoms with van der Waals surface area (Å²) in [7, 11) is 1.56. The first kappa shape index (κ1) is 14.7. The molecule has 5 heteroatoms.